The number of ether oxygens (including phenoxy) is 3. The third kappa shape index (κ3) is 4.52. The van der Waals surface area contributed by atoms with Gasteiger partial charge in [0.1, 0.15) is 0 Å². The predicted molar refractivity (Wildman–Crippen MR) is 106 cm³/mol. The van der Waals surface area contributed by atoms with Gasteiger partial charge < -0.3 is 24.4 Å². The molecule has 0 unspecified atom stereocenters. The fourth-order valence-electron chi connectivity index (χ4n) is 3.08. The molecule has 0 aliphatic carbocycles. The molecular weight excluding hydrogens is 344 g/mol. The molecule has 0 radical (unpaired) electrons. The predicted octanol–water partition coefficient (Wildman–Crippen LogP) is 3.49. The van der Waals surface area contributed by atoms with Crippen LogP contribution in [0.4, 0.5) is 11.4 Å². The maximum atomic E-state index is 12.7. The van der Waals surface area contributed by atoms with Crippen LogP contribution in [0, 0.1) is 6.92 Å². The van der Waals surface area contributed by atoms with E-state index in [-0.39, 0.29) is 5.91 Å². The van der Waals surface area contributed by atoms with Crippen LogP contribution in [0.2, 0.25) is 0 Å². The molecule has 0 spiro atoms. The number of carbonyl (C=O) groups excluding carboxylic acids is 1. The van der Waals surface area contributed by atoms with E-state index in [4.69, 9.17) is 14.2 Å². The van der Waals surface area contributed by atoms with Crippen molar-refractivity contribution < 1.29 is 19.0 Å². The average molecular weight is 370 g/mol. The van der Waals surface area contributed by atoms with Crippen LogP contribution in [0.25, 0.3) is 0 Å². The monoisotopic (exact) mass is 370 g/mol. The summed E-state index contributed by atoms with van der Waals surface area (Å²) in [5, 5.41) is 2.98. The Kier molecular flexibility index (Phi) is 6.19. The number of amides is 1. The van der Waals surface area contributed by atoms with E-state index in [0.717, 1.165) is 43.2 Å². The van der Waals surface area contributed by atoms with Gasteiger partial charge in [-0.25, -0.2) is 0 Å². The Morgan fingerprint density at radius 2 is 1.93 bits per heavy atom. The molecular formula is C21H26N2O4. The number of morpholine rings is 1. The van der Waals surface area contributed by atoms with Crippen LogP contribution in [-0.4, -0.2) is 45.9 Å². The summed E-state index contributed by atoms with van der Waals surface area (Å²) in [6.07, 6.45) is 0. The first-order valence-corrected chi connectivity index (χ1v) is 9.18. The minimum atomic E-state index is -0.182. The molecule has 0 aromatic heterocycles. The average Bonchev–Trinajstić information content (AvgIpc) is 2.70. The van der Waals surface area contributed by atoms with Crippen LogP contribution >= 0.6 is 0 Å². The summed E-state index contributed by atoms with van der Waals surface area (Å²) in [5.41, 5.74) is 3.48. The van der Waals surface area contributed by atoms with Gasteiger partial charge in [0.15, 0.2) is 11.5 Å². The van der Waals surface area contributed by atoms with Gasteiger partial charge in [0.2, 0.25) is 0 Å². The molecule has 1 amide bonds. The molecule has 1 aliphatic rings. The molecule has 2 aromatic rings. The zero-order valence-electron chi connectivity index (χ0n) is 16.1. The minimum absolute atomic E-state index is 0.182. The second-order valence-electron chi connectivity index (χ2n) is 6.35. The highest BCUT2D eigenvalue weighted by atomic mass is 16.5. The highest BCUT2D eigenvalue weighted by molar-refractivity contribution is 6.05. The van der Waals surface area contributed by atoms with E-state index in [1.807, 2.05) is 26.0 Å². The number of hydrogen-bond acceptors (Lipinski definition) is 5. The molecule has 0 bridgehead atoms. The Labute approximate surface area is 160 Å². The largest absolute Gasteiger partial charge is 0.493 e. The normalized spacial score (nSPS) is 14.0. The quantitative estimate of drug-likeness (QED) is 0.843. The van der Waals surface area contributed by atoms with Crippen LogP contribution in [0.3, 0.4) is 0 Å². The molecule has 144 valence electrons. The molecule has 6 nitrogen and oxygen atoms in total. The van der Waals surface area contributed by atoms with Crippen molar-refractivity contribution in [2.24, 2.45) is 0 Å². The van der Waals surface area contributed by atoms with Gasteiger partial charge in [0.05, 0.1) is 26.9 Å². The van der Waals surface area contributed by atoms with Crippen molar-refractivity contribution in [1.29, 1.82) is 0 Å². The van der Waals surface area contributed by atoms with Gasteiger partial charge in [-0.3, -0.25) is 4.79 Å². The Morgan fingerprint density at radius 3 is 2.59 bits per heavy atom. The lowest BCUT2D eigenvalue weighted by atomic mass is 10.1. The summed E-state index contributed by atoms with van der Waals surface area (Å²) in [5.74, 6) is 0.991. The van der Waals surface area contributed by atoms with E-state index in [9.17, 15) is 4.79 Å². The number of nitrogens with one attached hydrogen (secondary N) is 1. The summed E-state index contributed by atoms with van der Waals surface area (Å²) in [7, 11) is 1.56. The van der Waals surface area contributed by atoms with Gasteiger partial charge in [-0.2, -0.15) is 0 Å². The summed E-state index contributed by atoms with van der Waals surface area (Å²) >= 11 is 0. The molecule has 0 saturated carbocycles. The highest BCUT2D eigenvalue weighted by Gasteiger charge is 2.15. The number of aryl methyl sites for hydroxylation is 1. The molecule has 2 aromatic carbocycles. The van der Waals surface area contributed by atoms with Gasteiger partial charge in [-0.05, 0) is 55.8 Å². The molecule has 0 atom stereocenters. The Balaban J connectivity index is 1.73. The van der Waals surface area contributed by atoms with Crippen LogP contribution in [0.1, 0.15) is 22.8 Å². The highest BCUT2D eigenvalue weighted by Crippen LogP contribution is 2.29. The molecule has 1 saturated heterocycles. The molecule has 1 fully saturated rings. The summed E-state index contributed by atoms with van der Waals surface area (Å²) in [6, 6.07) is 11.3. The smallest absolute Gasteiger partial charge is 0.255 e. The Bertz CT molecular complexity index is 801. The number of carbonyl (C=O) groups is 1. The topological polar surface area (TPSA) is 60.0 Å². The van der Waals surface area contributed by atoms with E-state index >= 15 is 0 Å². The van der Waals surface area contributed by atoms with E-state index in [2.05, 4.69) is 16.3 Å². The van der Waals surface area contributed by atoms with Crippen molar-refractivity contribution in [3.8, 4) is 11.5 Å². The molecule has 1 aliphatic heterocycles. The van der Waals surface area contributed by atoms with Crippen LogP contribution < -0.4 is 19.7 Å². The van der Waals surface area contributed by atoms with Gasteiger partial charge in [0, 0.05) is 30.0 Å². The fourth-order valence-corrected chi connectivity index (χ4v) is 3.08. The van der Waals surface area contributed by atoms with Crippen LogP contribution in [0.5, 0.6) is 11.5 Å². The first-order chi connectivity index (χ1) is 13.1. The summed E-state index contributed by atoms with van der Waals surface area (Å²) < 4.78 is 16.2. The van der Waals surface area contributed by atoms with Gasteiger partial charge in [-0.1, -0.05) is 0 Å². The van der Waals surface area contributed by atoms with Gasteiger partial charge in [0.25, 0.3) is 5.91 Å². The molecule has 1 N–H and O–H groups in total. The first kappa shape index (κ1) is 19.0. The van der Waals surface area contributed by atoms with Crippen LogP contribution in [0.15, 0.2) is 36.4 Å². The molecule has 6 heteroatoms. The zero-order valence-corrected chi connectivity index (χ0v) is 16.1. The van der Waals surface area contributed by atoms with E-state index < -0.39 is 0 Å². The molecule has 3 rings (SSSR count). The zero-order chi connectivity index (χ0) is 19.2. The van der Waals surface area contributed by atoms with Gasteiger partial charge in [-0.15, -0.1) is 0 Å². The SMILES string of the molecule is CCOc1ccc(C(=O)Nc2ccc(N3CCOCC3)cc2C)cc1OC. The van der Waals surface area contributed by atoms with Crippen molar-refractivity contribution in [3.05, 3.63) is 47.5 Å². The van der Waals surface area contributed by atoms with Crippen molar-refractivity contribution in [1.82, 2.24) is 0 Å². The van der Waals surface area contributed by atoms with E-state index in [1.54, 1.807) is 25.3 Å². The third-order valence-electron chi connectivity index (χ3n) is 4.56. The number of rotatable bonds is 6. The number of benzene rings is 2. The number of methoxy groups -OCH3 is 1. The van der Waals surface area contributed by atoms with Crippen molar-refractivity contribution in [2.45, 2.75) is 13.8 Å². The lowest BCUT2D eigenvalue weighted by molar-refractivity contribution is 0.102. The summed E-state index contributed by atoms with van der Waals surface area (Å²) in [4.78, 5) is 14.9. The molecule has 1 heterocycles. The maximum Gasteiger partial charge on any atom is 0.255 e. The van der Waals surface area contributed by atoms with Crippen molar-refractivity contribution >= 4 is 17.3 Å². The number of nitrogens with zero attached hydrogens (tertiary/aromatic N) is 1. The lowest BCUT2D eigenvalue weighted by Crippen LogP contribution is -2.36. The first-order valence-electron chi connectivity index (χ1n) is 9.18. The van der Waals surface area contributed by atoms with E-state index in [1.165, 1.54) is 0 Å². The second kappa shape index (κ2) is 8.77. The maximum absolute atomic E-state index is 12.7. The standard InChI is InChI=1S/C21H26N2O4/c1-4-27-19-8-5-16(14-20(19)25-3)21(24)22-18-7-6-17(13-15(18)2)23-9-11-26-12-10-23/h5-8,13-14H,4,9-12H2,1-3H3,(H,22,24). The summed E-state index contributed by atoms with van der Waals surface area (Å²) in [6.45, 7) is 7.71. The van der Waals surface area contributed by atoms with Gasteiger partial charge >= 0.3 is 0 Å². The van der Waals surface area contributed by atoms with Crippen molar-refractivity contribution in [3.63, 3.8) is 0 Å². The lowest BCUT2D eigenvalue weighted by Gasteiger charge is -2.29. The minimum Gasteiger partial charge on any atom is -0.493 e. The Morgan fingerprint density at radius 1 is 1.15 bits per heavy atom. The fraction of sp³-hybridized carbons (Fsp3) is 0.381. The van der Waals surface area contributed by atoms with Crippen molar-refractivity contribution in [2.75, 3.05) is 50.2 Å². The number of anilines is 2. The Hall–Kier alpha value is -2.73. The second-order valence-corrected chi connectivity index (χ2v) is 6.35. The molecule has 27 heavy (non-hydrogen) atoms. The number of hydrogen-bond donors (Lipinski definition) is 1. The third-order valence-corrected chi connectivity index (χ3v) is 4.56. The van der Waals surface area contributed by atoms with E-state index in [0.29, 0.717) is 23.7 Å². The van der Waals surface area contributed by atoms with Crippen LogP contribution in [-0.2, 0) is 4.74 Å².